The van der Waals surface area contributed by atoms with E-state index in [1.54, 1.807) is 4.90 Å². The Balaban J connectivity index is 1.18. The summed E-state index contributed by atoms with van der Waals surface area (Å²) in [5.41, 5.74) is 6.17. The largest absolute Gasteiger partial charge is 0.492 e. The van der Waals surface area contributed by atoms with E-state index in [-0.39, 0.29) is 5.91 Å². The van der Waals surface area contributed by atoms with Crippen molar-refractivity contribution in [2.24, 2.45) is 5.92 Å². The minimum Gasteiger partial charge on any atom is -0.492 e. The quantitative estimate of drug-likeness (QED) is 0.579. The number of nitrogens with zero attached hydrogens (tertiary/aromatic N) is 3. The van der Waals surface area contributed by atoms with Crippen molar-refractivity contribution in [1.82, 2.24) is 14.8 Å². The van der Waals surface area contributed by atoms with Gasteiger partial charge in [0, 0.05) is 48.8 Å². The van der Waals surface area contributed by atoms with Crippen LogP contribution in [0.3, 0.4) is 0 Å². The van der Waals surface area contributed by atoms with Gasteiger partial charge in [-0.2, -0.15) is 5.26 Å². The first-order valence-corrected chi connectivity index (χ1v) is 12.4. The van der Waals surface area contributed by atoms with Gasteiger partial charge in [0.25, 0.3) is 5.91 Å². The molecule has 1 N–H and O–H groups in total. The molecule has 1 amide bonds. The number of nitrogens with one attached hydrogen (secondary N) is 1. The Labute approximate surface area is 200 Å². The number of ether oxygens (including phenoxy) is 1. The lowest BCUT2D eigenvalue weighted by molar-refractivity contribution is 0.0810. The van der Waals surface area contributed by atoms with Gasteiger partial charge in [-0.05, 0) is 80.0 Å². The van der Waals surface area contributed by atoms with Crippen molar-refractivity contribution < 1.29 is 9.53 Å². The number of benzene rings is 2. The number of carbonyl (C=O) groups is 1. The van der Waals surface area contributed by atoms with Crippen molar-refractivity contribution in [3.8, 4) is 11.8 Å². The van der Waals surface area contributed by atoms with Crippen LogP contribution in [0.5, 0.6) is 5.75 Å². The Morgan fingerprint density at radius 3 is 2.97 bits per heavy atom. The van der Waals surface area contributed by atoms with Crippen molar-refractivity contribution in [3.05, 3.63) is 64.3 Å². The fraction of sp³-hybridized carbons (Fsp3) is 0.429. The number of fused-ring (bicyclic) bond motifs is 4. The van der Waals surface area contributed by atoms with E-state index in [1.165, 1.54) is 18.4 Å². The topological polar surface area (TPSA) is 72.4 Å². The van der Waals surface area contributed by atoms with Gasteiger partial charge in [0.05, 0.1) is 17.2 Å². The molecule has 0 saturated heterocycles. The molecular weight excluding hydrogens is 424 g/mol. The first kappa shape index (κ1) is 21.2. The second-order valence-electron chi connectivity index (χ2n) is 10.1. The van der Waals surface area contributed by atoms with Crippen LogP contribution in [0.4, 0.5) is 0 Å². The number of aryl methyl sites for hydroxylation is 1. The number of amides is 1. The third-order valence-corrected chi connectivity index (χ3v) is 7.69. The molecule has 6 heteroatoms. The zero-order valence-electron chi connectivity index (χ0n) is 19.6. The molecule has 0 spiro atoms. The molecule has 1 atom stereocenters. The Morgan fingerprint density at radius 1 is 1.26 bits per heavy atom. The number of aromatic amines is 1. The van der Waals surface area contributed by atoms with Gasteiger partial charge >= 0.3 is 0 Å². The van der Waals surface area contributed by atoms with Crippen LogP contribution in [0.1, 0.15) is 51.9 Å². The number of H-pyrrole nitrogens is 1. The molecule has 6 rings (SSSR count). The fourth-order valence-electron chi connectivity index (χ4n) is 5.63. The predicted molar refractivity (Wildman–Crippen MR) is 131 cm³/mol. The van der Waals surface area contributed by atoms with Crippen LogP contribution in [0, 0.1) is 17.2 Å². The molecule has 3 heterocycles. The highest BCUT2D eigenvalue weighted by molar-refractivity contribution is 6.00. The molecule has 1 aromatic heterocycles. The van der Waals surface area contributed by atoms with Crippen LogP contribution in [0.25, 0.3) is 10.9 Å². The van der Waals surface area contributed by atoms with Gasteiger partial charge in [-0.1, -0.05) is 6.07 Å². The summed E-state index contributed by atoms with van der Waals surface area (Å²) >= 11 is 0. The Bertz CT molecular complexity index is 1300. The Hall–Kier alpha value is -3.30. The molecular formula is C28H30N4O2. The van der Waals surface area contributed by atoms with Gasteiger partial charge in [0.1, 0.15) is 12.4 Å². The summed E-state index contributed by atoms with van der Waals surface area (Å²) in [5, 5.41) is 10.4. The maximum Gasteiger partial charge on any atom is 0.254 e. The normalized spacial score (nSPS) is 19.3. The molecule has 1 aliphatic carbocycles. The SMILES string of the molecule is CN1Cc2ccc3c(c2C1=O)CC(N(CCCc1c[nH]c2ccc(C#N)cc12)CC1CC1)CO3. The van der Waals surface area contributed by atoms with Crippen molar-refractivity contribution in [2.75, 3.05) is 26.7 Å². The van der Waals surface area contributed by atoms with E-state index in [4.69, 9.17) is 4.74 Å². The lowest BCUT2D eigenvalue weighted by Crippen LogP contribution is -2.45. The first-order valence-electron chi connectivity index (χ1n) is 12.4. The Kier molecular flexibility index (Phi) is 5.30. The van der Waals surface area contributed by atoms with Gasteiger partial charge in [-0.15, -0.1) is 0 Å². The standard InChI is InChI=1S/C28H30N4O2/c1-31-16-21-7-9-26-24(27(21)28(31)33)12-22(17-34-26)32(15-18-4-5-18)10-2-3-20-14-30-25-8-6-19(13-29)11-23(20)25/h6-9,11,14,18,22,30H,2-5,10,12,15-17H2,1H3. The molecule has 2 aliphatic heterocycles. The number of nitriles is 1. The fourth-order valence-corrected chi connectivity index (χ4v) is 5.63. The molecule has 1 saturated carbocycles. The molecule has 2 aromatic carbocycles. The number of hydrogen-bond donors (Lipinski definition) is 1. The zero-order valence-corrected chi connectivity index (χ0v) is 19.6. The van der Waals surface area contributed by atoms with Crippen molar-refractivity contribution in [1.29, 1.82) is 5.26 Å². The highest BCUT2D eigenvalue weighted by atomic mass is 16.5. The third kappa shape index (κ3) is 3.84. The number of hydrogen-bond acceptors (Lipinski definition) is 4. The summed E-state index contributed by atoms with van der Waals surface area (Å²) < 4.78 is 6.22. The number of carbonyl (C=O) groups excluding carboxylic acids is 1. The second kappa shape index (κ2) is 8.48. The van der Waals surface area contributed by atoms with E-state index in [9.17, 15) is 10.1 Å². The average molecular weight is 455 g/mol. The summed E-state index contributed by atoms with van der Waals surface area (Å²) in [5.74, 6) is 1.81. The molecule has 3 aliphatic rings. The van der Waals surface area contributed by atoms with Crippen LogP contribution >= 0.6 is 0 Å². The minimum absolute atomic E-state index is 0.126. The van der Waals surface area contributed by atoms with E-state index in [1.807, 2.05) is 25.2 Å². The Morgan fingerprint density at radius 2 is 2.15 bits per heavy atom. The molecule has 174 valence electrons. The minimum atomic E-state index is 0.126. The molecule has 3 aromatic rings. The van der Waals surface area contributed by atoms with E-state index >= 15 is 0 Å². The van der Waals surface area contributed by atoms with Crippen molar-refractivity contribution in [3.63, 3.8) is 0 Å². The van der Waals surface area contributed by atoms with Gasteiger partial charge in [-0.3, -0.25) is 9.69 Å². The van der Waals surface area contributed by atoms with Gasteiger partial charge < -0.3 is 14.6 Å². The second-order valence-corrected chi connectivity index (χ2v) is 10.1. The average Bonchev–Trinajstić information content (AvgIpc) is 3.52. The zero-order chi connectivity index (χ0) is 23.2. The summed E-state index contributed by atoms with van der Waals surface area (Å²) in [6.45, 7) is 3.49. The van der Waals surface area contributed by atoms with Crippen LogP contribution in [-0.2, 0) is 19.4 Å². The van der Waals surface area contributed by atoms with Crippen LogP contribution in [0.15, 0.2) is 36.5 Å². The third-order valence-electron chi connectivity index (χ3n) is 7.69. The highest BCUT2D eigenvalue weighted by Gasteiger charge is 2.35. The monoisotopic (exact) mass is 454 g/mol. The maximum absolute atomic E-state index is 12.8. The molecule has 0 bridgehead atoms. The first-order chi connectivity index (χ1) is 16.6. The summed E-state index contributed by atoms with van der Waals surface area (Å²) in [6.07, 6.45) is 7.62. The molecule has 1 fully saturated rings. The smallest absolute Gasteiger partial charge is 0.254 e. The van der Waals surface area contributed by atoms with Crippen LogP contribution in [-0.4, -0.2) is 53.5 Å². The maximum atomic E-state index is 12.8. The van der Waals surface area contributed by atoms with Crippen molar-refractivity contribution in [2.45, 2.75) is 44.7 Å². The molecule has 6 nitrogen and oxygen atoms in total. The lowest BCUT2D eigenvalue weighted by atomic mass is 9.93. The van der Waals surface area contributed by atoms with E-state index in [2.05, 4.69) is 34.3 Å². The highest BCUT2D eigenvalue weighted by Crippen LogP contribution is 2.37. The van der Waals surface area contributed by atoms with Crippen LogP contribution < -0.4 is 4.74 Å². The van der Waals surface area contributed by atoms with E-state index in [0.717, 1.165) is 71.6 Å². The van der Waals surface area contributed by atoms with Crippen molar-refractivity contribution >= 4 is 16.8 Å². The molecule has 0 radical (unpaired) electrons. The molecule has 1 unspecified atom stereocenters. The lowest BCUT2D eigenvalue weighted by Gasteiger charge is -2.36. The van der Waals surface area contributed by atoms with Gasteiger partial charge in [0.2, 0.25) is 0 Å². The van der Waals surface area contributed by atoms with Gasteiger partial charge in [0.15, 0.2) is 0 Å². The predicted octanol–water partition coefficient (Wildman–Crippen LogP) is 4.27. The summed E-state index contributed by atoms with van der Waals surface area (Å²) in [4.78, 5) is 20.6. The van der Waals surface area contributed by atoms with E-state index < -0.39 is 0 Å². The number of aromatic nitrogens is 1. The van der Waals surface area contributed by atoms with Gasteiger partial charge in [-0.25, -0.2) is 0 Å². The summed E-state index contributed by atoms with van der Waals surface area (Å²) in [6, 6.07) is 12.5. The van der Waals surface area contributed by atoms with Crippen LogP contribution in [0.2, 0.25) is 0 Å². The van der Waals surface area contributed by atoms with E-state index in [0.29, 0.717) is 24.8 Å². The number of rotatable bonds is 7. The molecule has 34 heavy (non-hydrogen) atoms. The summed E-state index contributed by atoms with van der Waals surface area (Å²) in [7, 11) is 1.87.